The van der Waals surface area contributed by atoms with Gasteiger partial charge in [-0.3, -0.25) is 9.10 Å². The zero-order valence-electron chi connectivity index (χ0n) is 11.9. The van der Waals surface area contributed by atoms with E-state index in [1.165, 1.54) is 4.31 Å². The van der Waals surface area contributed by atoms with E-state index in [9.17, 15) is 13.2 Å². The molecular formula is C14H19ClN2O3S. The quantitative estimate of drug-likeness (QED) is 0.833. The van der Waals surface area contributed by atoms with E-state index in [0.29, 0.717) is 29.6 Å². The summed E-state index contributed by atoms with van der Waals surface area (Å²) in [6.07, 6.45) is 4.03. The lowest BCUT2D eigenvalue weighted by Gasteiger charge is -2.22. The Morgan fingerprint density at radius 3 is 2.71 bits per heavy atom. The standard InChI is InChI=1S/C14H19ClN2O3S/c1-21(19,20)17(13-5-2-4-11(15)10-13)9-3-6-14(18)16-12-7-8-12/h2,4-5,10,12H,3,6-9H2,1H3,(H,16,18). The molecule has 5 nitrogen and oxygen atoms in total. The number of hydrogen-bond acceptors (Lipinski definition) is 3. The van der Waals surface area contributed by atoms with Crippen molar-refractivity contribution in [3.63, 3.8) is 0 Å². The summed E-state index contributed by atoms with van der Waals surface area (Å²) >= 11 is 5.90. The number of carbonyl (C=O) groups excluding carboxylic acids is 1. The number of amides is 1. The lowest BCUT2D eigenvalue weighted by atomic mass is 10.2. The summed E-state index contributed by atoms with van der Waals surface area (Å²) in [5.41, 5.74) is 0.521. The van der Waals surface area contributed by atoms with E-state index in [-0.39, 0.29) is 12.5 Å². The molecule has 1 amide bonds. The lowest BCUT2D eigenvalue weighted by Crippen LogP contribution is -2.32. The van der Waals surface area contributed by atoms with E-state index in [1.807, 2.05) is 0 Å². The zero-order valence-corrected chi connectivity index (χ0v) is 13.5. The van der Waals surface area contributed by atoms with Gasteiger partial charge in [0.05, 0.1) is 11.9 Å². The van der Waals surface area contributed by atoms with E-state index in [4.69, 9.17) is 11.6 Å². The minimum atomic E-state index is -3.40. The molecule has 0 atom stereocenters. The Hall–Kier alpha value is -1.27. The topological polar surface area (TPSA) is 66.5 Å². The first-order valence-corrected chi connectivity index (χ1v) is 9.11. The summed E-state index contributed by atoms with van der Waals surface area (Å²) < 4.78 is 25.1. The molecule has 0 aromatic heterocycles. The van der Waals surface area contributed by atoms with Gasteiger partial charge in [-0.2, -0.15) is 0 Å². The number of anilines is 1. The Balaban J connectivity index is 1.95. The average molecular weight is 331 g/mol. The summed E-state index contributed by atoms with van der Waals surface area (Å²) in [5, 5.41) is 3.37. The van der Waals surface area contributed by atoms with Crippen LogP contribution in [0.15, 0.2) is 24.3 Å². The lowest BCUT2D eigenvalue weighted by molar-refractivity contribution is -0.121. The molecule has 1 aliphatic carbocycles. The van der Waals surface area contributed by atoms with E-state index >= 15 is 0 Å². The highest BCUT2D eigenvalue weighted by atomic mass is 35.5. The maximum atomic E-state index is 11.9. The van der Waals surface area contributed by atoms with Crippen LogP contribution in [0.25, 0.3) is 0 Å². The van der Waals surface area contributed by atoms with Crippen molar-refractivity contribution in [2.24, 2.45) is 0 Å². The van der Waals surface area contributed by atoms with Gasteiger partial charge in [-0.1, -0.05) is 17.7 Å². The molecule has 0 spiro atoms. The van der Waals surface area contributed by atoms with Gasteiger partial charge in [-0.15, -0.1) is 0 Å². The minimum Gasteiger partial charge on any atom is -0.353 e. The Labute approximate surface area is 130 Å². The monoisotopic (exact) mass is 330 g/mol. The second-order valence-electron chi connectivity index (χ2n) is 5.26. The number of carbonyl (C=O) groups is 1. The third kappa shape index (κ3) is 5.21. The highest BCUT2D eigenvalue weighted by molar-refractivity contribution is 7.92. The summed E-state index contributed by atoms with van der Waals surface area (Å²) in [7, 11) is -3.40. The molecule has 0 radical (unpaired) electrons. The van der Waals surface area contributed by atoms with Crippen molar-refractivity contribution in [2.45, 2.75) is 31.7 Å². The third-order valence-corrected chi connectivity index (χ3v) is 4.63. The van der Waals surface area contributed by atoms with Crippen LogP contribution in [-0.2, 0) is 14.8 Å². The van der Waals surface area contributed by atoms with E-state index in [1.54, 1.807) is 24.3 Å². The van der Waals surface area contributed by atoms with Gasteiger partial charge >= 0.3 is 0 Å². The average Bonchev–Trinajstić information content (AvgIpc) is 3.17. The highest BCUT2D eigenvalue weighted by Crippen LogP contribution is 2.22. The van der Waals surface area contributed by atoms with Gasteiger partial charge in [0.2, 0.25) is 15.9 Å². The Bertz CT molecular complexity index is 614. The third-order valence-electron chi connectivity index (χ3n) is 3.20. The molecule has 1 aromatic carbocycles. The molecule has 0 saturated heterocycles. The minimum absolute atomic E-state index is 0.0166. The molecule has 0 aliphatic heterocycles. The van der Waals surface area contributed by atoms with Crippen LogP contribution in [0.2, 0.25) is 5.02 Å². The number of hydrogen-bond donors (Lipinski definition) is 1. The first-order valence-electron chi connectivity index (χ1n) is 6.89. The number of sulfonamides is 1. The van der Waals surface area contributed by atoms with Gasteiger partial charge in [0.25, 0.3) is 0 Å². The molecule has 1 N–H and O–H groups in total. The van der Waals surface area contributed by atoms with Crippen LogP contribution >= 0.6 is 11.6 Å². The molecular weight excluding hydrogens is 312 g/mol. The number of halogens is 1. The number of rotatable bonds is 7. The SMILES string of the molecule is CS(=O)(=O)N(CCCC(=O)NC1CC1)c1cccc(Cl)c1. The molecule has 0 bridgehead atoms. The summed E-state index contributed by atoms with van der Waals surface area (Å²) in [5.74, 6) is -0.0166. The Morgan fingerprint density at radius 1 is 1.43 bits per heavy atom. The van der Waals surface area contributed by atoms with Crippen LogP contribution in [0.3, 0.4) is 0 Å². The first-order chi connectivity index (χ1) is 9.86. The fourth-order valence-electron chi connectivity index (χ4n) is 2.03. The van der Waals surface area contributed by atoms with E-state index in [2.05, 4.69) is 5.32 Å². The first kappa shape index (κ1) is 16.1. The molecule has 1 saturated carbocycles. The van der Waals surface area contributed by atoms with Crippen LogP contribution in [0.5, 0.6) is 0 Å². The predicted octanol–water partition coefficient (Wildman–Crippen LogP) is 2.16. The van der Waals surface area contributed by atoms with E-state index < -0.39 is 10.0 Å². The Kier molecular flexibility index (Phi) is 5.11. The van der Waals surface area contributed by atoms with Crippen molar-refractivity contribution in [1.82, 2.24) is 5.32 Å². The zero-order chi connectivity index (χ0) is 15.5. The molecule has 0 heterocycles. The molecule has 1 aliphatic rings. The molecule has 7 heteroatoms. The van der Waals surface area contributed by atoms with Gasteiger partial charge in [-0.05, 0) is 37.5 Å². The summed E-state index contributed by atoms with van der Waals surface area (Å²) in [4.78, 5) is 11.6. The Morgan fingerprint density at radius 2 is 2.14 bits per heavy atom. The van der Waals surface area contributed by atoms with Crippen LogP contribution in [-0.4, -0.2) is 33.2 Å². The molecule has 116 valence electrons. The maximum Gasteiger partial charge on any atom is 0.232 e. The predicted molar refractivity (Wildman–Crippen MR) is 84.0 cm³/mol. The van der Waals surface area contributed by atoms with Gasteiger partial charge in [0, 0.05) is 24.0 Å². The van der Waals surface area contributed by atoms with Crippen molar-refractivity contribution < 1.29 is 13.2 Å². The van der Waals surface area contributed by atoms with E-state index in [0.717, 1.165) is 19.1 Å². The summed E-state index contributed by atoms with van der Waals surface area (Å²) in [6.45, 7) is 0.261. The largest absolute Gasteiger partial charge is 0.353 e. The second kappa shape index (κ2) is 6.66. The number of nitrogens with zero attached hydrogens (tertiary/aromatic N) is 1. The van der Waals surface area contributed by atoms with Crippen molar-refractivity contribution in [2.75, 3.05) is 17.1 Å². The van der Waals surface area contributed by atoms with Crippen LogP contribution in [0, 0.1) is 0 Å². The van der Waals surface area contributed by atoms with Crippen molar-refractivity contribution in [3.8, 4) is 0 Å². The van der Waals surface area contributed by atoms with Gasteiger partial charge in [0.1, 0.15) is 0 Å². The molecule has 2 rings (SSSR count). The van der Waals surface area contributed by atoms with Gasteiger partial charge < -0.3 is 5.32 Å². The van der Waals surface area contributed by atoms with Crippen LogP contribution in [0.4, 0.5) is 5.69 Å². The van der Waals surface area contributed by atoms with Crippen molar-refractivity contribution in [3.05, 3.63) is 29.3 Å². The highest BCUT2D eigenvalue weighted by Gasteiger charge is 2.23. The van der Waals surface area contributed by atoms with Gasteiger partial charge in [-0.25, -0.2) is 8.42 Å². The molecule has 1 fully saturated rings. The van der Waals surface area contributed by atoms with Crippen molar-refractivity contribution in [1.29, 1.82) is 0 Å². The normalized spacial score (nSPS) is 14.8. The van der Waals surface area contributed by atoms with Crippen molar-refractivity contribution >= 4 is 33.2 Å². The second-order valence-corrected chi connectivity index (χ2v) is 7.60. The fourth-order valence-corrected chi connectivity index (χ4v) is 3.17. The molecule has 0 unspecified atom stereocenters. The molecule has 21 heavy (non-hydrogen) atoms. The van der Waals surface area contributed by atoms with Crippen LogP contribution in [0.1, 0.15) is 25.7 Å². The number of nitrogens with one attached hydrogen (secondary N) is 1. The molecule has 1 aromatic rings. The van der Waals surface area contributed by atoms with Crippen LogP contribution < -0.4 is 9.62 Å². The fraction of sp³-hybridized carbons (Fsp3) is 0.500. The number of benzene rings is 1. The maximum absolute atomic E-state index is 11.9. The summed E-state index contributed by atoms with van der Waals surface area (Å²) in [6, 6.07) is 7.02. The smallest absolute Gasteiger partial charge is 0.232 e. The van der Waals surface area contributed by atoms with Gasteiger partial charge in [0.15, 0.2) is 0 Å².